The van der Waals surface area contributed by atoms with Gasteiger partial charge in [-0.2, -0.15) is 0 Å². The first kappa shape index (κ1) is 14.4. The normalized spacial score (nSPS) is 23.1. The lowest BCUT2D eigenvalue weighted by molar-refractivity contribution is -0.920. The summed E-state index contributed by atoms with van der Waals surface area (Å²) in [6.07, 6.45) is 3.72. The van der Waals surface area contributed by atoms with Gasteiger partial charge in [0.15, 0.2) is 6.54 Å². The van der Waals surface area contributed by atoms with Crippen molar-refractivity contribution in [1.29, 1.82) is 0 Å². The molecule has 1 saturated heterocycles. The van der Waals surface area contributed by atoms with Gasteiger partial charge in [0.2, 0.25) is 0 Å². The number of anilines is 1. The Bertz CT molecular complexity index is 461. The van der Waals surface area contributed by atoms with Crippen LogP contribution in [0.2, 0.25) is 5.02 Å². The largest absolute Gasteiger partial charge is 0.325 e. The average molecular weight is 282 g/mol. The molecule has 4 heteroatoms. The topological polar surface area (TPSA) is 33.5 Å². The van der Waals surface area contributed by atoms with Gasteiger partial charge in [-0.1, -0.05) is 17.7 Å². The van der Waals surface area contributed by atoms with Crippen LogP contribution >= 0.6 is 11.6 Å². The minimum absolute atomic E-state index is 0.0505. The van der Waals surface area contributed by atoms with Crippen LogP contribution in [0.15, 0.2) is 18.2 Å². The fourth-order valence-corrected chi connectivity index (χ4v) is 2.92. The Morgan fingerprint density at radius 3 is 2.95 bits per heavy atom. The number of hydrogen-bond acceptors (Lipinski definition) is 1. The number of quaternary nitrogens is 1. The summed E-state index contributed by atoms with van der Waals surface area (Å²) in [4.78, 5) is 13.5. The number of hydrogen-bond donors (Lipinski definition) is 2. The van der Waals surface area contributed by atoms with Crippen molar-refractivity contribution in [1.82, 2.24) is 0 Å². The molecular formula is C15H22ClN2O+. The highest BCUT2D eigenvalue weighted by Gasteiger charge is 2.24. The number of benzene rings is 1. The van der Waals surface area contributed by atoms with Crippen molar-refractivity contribution in [2.45, 2.75) is 39.2 Å². The Labute approximate surface area is 119 Å². The number of carbonyl (C=O) groups is 1. The minimum atomic E-state index is 0.0505. The fourth-order valence-electron chi connectivity index (χ4n) is 2.64. The zero-order valence-corrected chi connectivity index (χ0v) is 12.4. The van der Waals surface area contributed by atoms with Crippen LogP contribution < -0.4 is 10.2 Å². The molecule has 2 rings (SSSR count). The van der Waals surface area contributed by atoms with E-state index in [9.17, 15) is 4.79 Å². The Balaban J connectivity index is 1.93. The molecule has 1 amide bonds. The predicted octanol–water partition coefficient (Wildman–Crippen LogP) is 2.04. The number of rotatable bonds is 3. The van der Waals surface area contributed by atoms with E-state index in [-0.39, 0.29) is 5.91 Å². The van der Waals surface area contributed by atoms with E-state index >= 15 is 0 Å². The molecule has 104 valence electrons. The fraction of sp³-hybridized carbons (Fsp3) is 0.533. The van der Waals surface area contributed by atoms with Crippen LogP contribution in [0.3, 0.4) is 0 Å². The summed E-state index contributed by atoms with van der Waals surface area (Å²) in [5, 5.41) is 3.52. The number of aryl methyl sites for hydroxylation is 1. The first-order valence-electron chi connectivity index (χ1n) is 6.97. The first-order chi connectivity index (χ1) is 9.06. The van der Waals surface area contributed by atoms with Crippen LogP contribution in [-0.2, 0) is 4.79 Å². The second-order valence-electron chi connectivity index (χ2n) is 5.51. The summed E-state index contributed by atoms with van der Waals surface area (Å²) in [6.45, 7) is 5.83. The first-order valence-corrected chi connectivity index (χ1v) is 7.34. The van der Waals surface area contributed by atoms with Gasteiger partial charge in [0.1, 0.15) is 0 Å². The SMILES string of the molecule is Cc1ccc(NC(=O)C[NH+]2CCCC[C@H]2C)c(Cl)c1. The highest BCUT2D eigenvalue weighted by Crippen LogP contribution is 2.22. The molecule has 0 saturated carbocycles. The molecule has 3 nitrogen and oxygen atoms in total. The molecule has 1 aliphatic rings. The minimum Gasteiger partial charge on any atom is -0.325 e. The monoisotopic (exact) mass is 281 g/mol. The van der Waals surface area contributed by atoms with Crippen molar-refractivity contribution in [2.24, 2.45) is 0 Å². The van der Waals surface area contributed by atoms with Crippen LogP contribution in [0.5, 0.6) is 0 Å². The smallest absolute Gasteiger partial charge is 0.279 e. The van der Waals surface area contributed by atoms with Gasteiger partial charge < -0.3 is 10.2 Å². The second-order valence-corrected chi connectivity index (χ2v) is 5.92. The summed E-state index contributed by atoms with van der Waals surface area (Å²) in [6, 6.07) is 6.27. The summed E-state index contributed by atoms with van der Waals surface area (Å²) in [5.41, 5.74) is 1.81. The lowest BCUT2D eigenvalue weighted by atomic mass is 10.0. The molecular weight excluding hydrogens is 260 g/mol. The molecule has 1 aliphatic heterocycles. The van der Waals surface area contributed by atoms with Gasteiger partial charge in [-0.15, -0.1) is 0 Å². The number of nitrogens with one attached hydrogen (secondary N) is 2. The molecule has 1 heterocycles. The van der Waals surface area contributed by atoms with Gasteiger partial charge in [-0.05, 0) is 50.8 Å². The van der Waals surface area contributed by atoms with Crippen LogP contribution in [0.4, 0.5) is 5.69 Å². The zero-order chi connectivity index (χ0) is 13.8. The molecule has 2 N–H and O–H groups in total. The van der Waals surface area contributed by atoms with Crippen molar-refractivity contribution in [2.75, 3.05) is 18.4 Å². The van der Waals surface area contributed by atoms with E-state index in [2.05, 4.69) is 12.2 Å². The second kappa shape index (κ2) is 6.40. The van der Waals surface area contributed by atoms with E-state index in [1.165, 1.54) is 24.2 Å². The third kappa shape index (κ3) is 3.95. The highest BCUT2D eigenvalue weighted by molar-refractivity contribution is 6.33. The number of carbonyl (C=O) groups excluding carboxylic acids is 1. The molecule has 1 aromatic rings. The number of amides is 1. The maximum absolute atomic E-state index is 12.1. The summed E-state index contributed by atoms with van der Waals surface area (Å²) >= 11 is 6.12. The van der Waals surface area contributed by atoms with Gasteiger partial charge in [0.05, 0.1) is 23.3 Å². The van der Waals surface area contributed by atoms with Crippen LogP contribution in [0.1, 0.15) is 31.7 Å². The van der Waals surface area contributed by atoms with Crippen molar-refractivity contribution in [3.8, 4) is 0 Å². The lowest BCUT2D eigenvalue weighted by Gasteiger charge is -2.29. The van der Waals surface area contributed by atoms with Gasteiger partial charge in [-0.25, -0.2) is 0 Å². The maximum Gasteiger partial charge on any atom is 0.279 e. The number of piperidine rings is 1. The van der Waals surface area contributed by atoms with E-state index in [0.717, 1.165) is 12.1 Å². The molecule has 0 bridgehead atoms. The molecule has 1 aromatic carbocycles. The van der Waals surface area contributed by atoms with Crippen molar-refractivity contribution < 1.29 is 9.69 Å². The van der Waals surface area contributed by atoms with E-state index in [4.69, 9.17) is 11.6 Å². The maximum atomic E-state index is 12.1. The van der Waals surface area contributed by atoms with Crippen LogP contribution in [-0.4, -0.2) is 25.0 Å². The van der Waals surface area contributed by atoms with Gasteiger partial charge >= 0.3 is 0 Å². The quantitative estimate of drug-likeness (QED) is 0.873. The number of halogens is 1. The van der Waals surface area contributed by atoms with Crippen molar-refractivity contribution >= 4 is 23.2 Å². The molecule has 2 atom stereocenters. The highest BCUT2D eigenvalue weighted by atomic mass is 35.5. The number of likely N-dealkylation sites (tertiary alicyclic amines) is 1. The Hall–Kier alpha value is -1.06. The molecule has 0 aromatic heterocycles. The van der Waals surface area contributed by atoms with Crippen molar-refractivity contribution in [3.63, 3.8) is 0 Å². The van der Waals surface area contributed by atoms with Crippen molar-refractivity contribution in [3.05, 3.63) is 28.8 Å². The average Bonchev–Trinajstić information content (AvgIpc) is 2.36. The third-order valence-electron chi connectivity index (χ3n) is 3.87. The molecule has 0 spiro atoms. The lowest BCUT2D eigenvalue weighted by Crippen LogP contribution is -3.17. The van der Waals surface area contributed by atoms with E-state index in [0.29, 0.717) is 23.3 Å². The van der Waals surface area contributed by atoms with Gasteiger partial charge in [-0.3, -0.25) is 4.79 Å². The standard InChI is InChI=1S/C15H21ClN2O/c1-11-6-7-14(13(16)9-11)17-15(19)10-18-8-4-3-5-12(18)2/h6-7,9,12H,3-5,8,10H2,1-2H3,(H,17,19)/p+1/t12-/m1/s1. The van der Waals surface area contributed by atoms with Gasteiger partial charge in [0.25, 0.3) is 5.91 Å². The molecule has 0 radical (unpaired) electrons. The van der Waals surface area contributed by atoms with E-state index in [1.54, 1.807) is 0 Å². The molecule has 19 heavy (non-hydrogen) atoms. The zero-order valence-electron chi connectivity index (χ0n) is 11.6. The van der Waals surface area contributed by atoms with E-state index in [1.807, 2.05) is 25.1 Å². The third-order valence-corrected chi connectivity index (χ3v) is 4.18. The van der Waals surface area contributed by atoms with Gasteiger partial charge in [0, 0.05) is 0 Å². The van der Waals surface area contributed by atoms with Crippen LogP contribution in [0, 0.1) is 6.92 Å². The molecule has 0 aliphatic carbocycles. The summed E-state index contributed by atoms with van der Waals surface area (Å²) in [7, 11) is 0. The Morgan fingerprint density at radius 1 is 1.47 bits per heavy atom. The summed E-state index contributed by atoms with van der Waals surface area (Å²) in [5.74, 6) is 0.0505. The van der Waals surface area contributed by atoms with Crippen LogP contribution in [0.25, 0.3) is 0 Å². The Kier molecular flexibility index (Phi) is 4.83. The molecule has 1 unspecified atom stereocenters. The van der Waals surface area contributed by atoms with E-state index < -0.39 is 0 Å². The summed E-state index contributed by atoms with van der Waals surface area (Å²) < 4.78 is 0. The Morgan fingerprint density at radius 2 is 2.26 bits per heavy atom. The molecule has 1 fully saturated rings. The predicted molar refractivity (Wildman–Crippen MR) is 78.8 cm³/mol.